The fraction of sp³-hybridized carbons (Fsp3) is 0.200. The van der Waals surface area contributed by atoms with Crippen LogP contribution in [0, 0.1) is 0 Å². The van der Waals surface area contributed by atoms with Crippen LogP contribution in [0.25, 0.3) is 0 Å². The molecule has 0 spiro atoms. The molecular formula is C10H12Cl2N2O4S. The minimum Gasteiger partial charge on any atom is -0.345 e. The number of nitrogens with zero attached hydrogens (tertiary/aromatic N) is 1. The lowest BCUT2D eigenvalue weighted by molar-refractivity contribution is -0.105. The third-order valence-electron chi connectivity index (χ3n) is 1.76. The summed E-state index contributed by atoms with van der Waals surface area (Å²) in [5, 5.41) is 2.50. The third kappa shape index (κ3) is 9.29. The molecule has 1 rings (SSSR count). The zero-order chi connectivity index (χ0) is 15.1. The number of rotatable bonds is 3. The normalized spacial score (nSPS) is 9.89. The summed E-state index contributed by atoms with van der Waals surface area (Å²) in [6, 6.07) is 6.72. The Morgan fingerprint density at radius 1 is 1.21 bits per heavy atom. The summed E-state index contributed by atoms with van der Waals surface area (Å²) in [5.41, 5.74) is 1.28. The summed E-state index contributed by atoms with van der Waals surface area (Å²) in [5.74, 6) is -0.0531. The Balaban J connectivity index is 0.000000555. The minimum atomic E-state index is -3.72. The average molecular weight is 327 g/mol. The molecule has 0 aromatic heterocycles. The van der Waals surface area contributed by atoms with Crippen LogP contribution < -0.4 is 5.32 Å². The molecule has 0 aliphatic carbocycles. The lowest BCUT2D eigenvalue weighted by Crippen LogP contribution is -2.21. The van der Waals surface area contributed by atoms with E-state index < -0.39 is 8.26 Å². The molecule has 0 unspecified atom stereocenters. The van der Waals surface area contributed by atoms with E-state index in [0.717, 1.165) is 0 Å². The summed E-state index contributed by atoms with van der Waals surface area (Å²) < 4.78 is 18.3. The van der Waals surface area contributed by atoms with Gasteiger partial charge in [-0.25, -0.2) is 0 Å². The number of hydrogen-bond donors (Lipinski definition) is 1. The Morgan fingerprint density at radius 2 is 1.63 bits per heavy atom. The smallest absolute Gasteiger partial charge is 0.317 e. The lowest BCUT2D eigenvalue weighted by Gasteiger charge is -2.10. The van der Waals surface area contributed by atoms with E-state index in [1.54, 1.807) is 38.4 Å². The Bertz CT molecular complexity index is 521. The molecule has 0 bridgehead atoms. The quantitative estimate of drug-likeness (QED) is 0.676. The molecule has 0 fully saturated rings. The zero-order valence-electron chi connectivity index (χ0n) is 10.1. The molecule has 1 aromatic rings. The van der Waals surface area contributed by atoms with Gasteiger partial charge in [0.1, 0.15) is 0 Å². The van der Waals surface area contributed by atoms with Gasteiger partial charge < -0.3 is 10.2 Å². The molecule has 2 amide bonds. The van der Waals surface area contributed by atoms with Crippen molar-refractivity contribution in [3.63, 3.8) is 0 Å². The molecule has 0 atom stereocenters. The van der Waals surface area contributed by atoms with Crippen LogP contribution >= 0.6 is 21.4 Å². The highest BCUT2D eigenvalue weighted by Gasteiger charge is 2.06. The number of benzene rings is 1. The van der Waals surface area contributed by atoms with Gasteiger partial charge in [0.2, 0.25) is 6.41 Å². The fourth-order valence-corrected chi connectivity index (χ4v) is 1.04. The van der Waals surface area contributed by atoms with E-state index in [4.69, 9.17) is 8.42 Å². The SMILES string of the molecule is CN(C)C(=O)c1ccc(NC=O)cc1.O=S(=O)(Cl)Cl. The van der Waals surface area contributed by atoms with Crippen molar-refractivity contribution in [3.05, 3.63) is 29.8 Å². The van der Waals surface area contributed by atoms with Crippen molar-refractivity contribution in [2.45, 2.75) is 0 Å². The van der Waals surface area contributed by atoms with Crippen LogP contribution in [0.1, 0.15) is 10.4 Å². The second kappa shape index (κ2) is 7.98. The van der Waals surface area contributed by atoms with Crippen molar-refractivity contribution in [2.75, 3.05) is 19.4 Å². The van der Waals surface area contributed by atoms with Crippen LogP contribution in [-0.4, -0.2) is 39.7 Å². The van der Waals surface area contributed by atoms with Crippen LogP contribution in [-0.2, 0) is 13.1 Å². The van der Waals surface area contributed by atoms with Gasteiger partial charge in [-0.15, -0.1) is 0 Å². The Morgan fingerprint density at radius 3 is 1.95 bits per heavy atom. The van der Waals surface area contributed by atoms with Crippen molar-refractivity contribution < 1.29 is 18.0 Å². The van der Waals surface area contributed by atoms with Gasteiger partial charge in [0.05, 0.1) is 0 Å². The molecule has 106 valence electrons. The standard InChI is InChI=1S/C10H12N2O2.Cl2O2S/c1-12(2)10(14)8-3-5-9(6-4-8)11-7-13;1-5(2,3)4/h3-7H,1-2H3,(H,11,13);. The van der Waals surface area contributed by atoms with E-state index in [1.807, 2.05) is 0 Å². The van der Waals surface area contributed by atoms with Gasteiger partial charge in [-0.1, -0.05) is 0 Å². The third-order valence-corrected chi connectivity index (χ3v) is 1.76. The van der Waals surface area contributed by atoms with E-state index in [1.165, 1.54) is 4.90 Å². The first-order valence-corrected chi connectivity index (χ1v) is 7.95. The highest BCUT2D eigenvalue weighted by Crippen LogP contribution is 2.09. The average Bonchev–Trinajstić information content (AvgIpc) is 2.27. The highest BCUT2D eigenvalue weighted by molar-refractivity contribution is 8.31. The van der Waals surface area contributed by atoms with Gasteiger partial charge in [0.25, 0.3) is 5.91 Å². The summed E-state index contributed by atoms with van der Waals surface area (Å²) in [6.45, 7) is 0. The summed E-state index contributed by atoms with van der Waals surface area (Å²) in [6.07, 6.45) is 0.600. The van der Waals surface area contributed by atoms with E-state index in [-0.39, 0.29) is 5.91 Å². The molecule has 1 aromatic carbocycles. The molecule has 19 heavy (non-hydrogen) atoms. The predicted molar refractivity (Wildman–Crippen MR) is 74.8 cm³/mol. The molecule has 0 radical (unpaired) electrons. The largest absolute Gasteiger partial charge is 0.345 e. The predicted octanol–water partition coefficient (Wildman–Crippen LogP) is 1.67. The van der Waals surface area contributed by atoms with Gasteiger partial charge in [-0.3, -0.25) is 9.59 Å². The maximum Gasteiger partial charge on any atom is 0.317 e. The van der Waals surface area contributed by atoms with Crippen LogP contribution in [0.2, 0.25) is 0 Å². The van der Waals surface area contributed by atoms with Gasteiger partial charge in [-0.05, 0) is 24.3 Å². The monoisotopic (exact) mass is 326 g/mol. The van der Waals surface area contributed by atoms with Gasteiger partial charge in [0.15, 0.2) is 0 Å². The Kier molecular flexibility index (Phi) is 7.43. The molecule has 9 heteroatoms. The first-order chi connectivity index (χ1) is 8.65. The number of amides is 2. The van der Waals surface area contributed by atoms with E-state index in [9.17, 15) is 9.59 Å². The number of halogens is 2. The second-order valence-electron chi connectivity index (χ2n) is 3.42. The number of carbonyl (C=O) groups excluding carboxylic acids is 2. The maximum atomic E-state index is 11.4. The van der Waals surface area contributed by atoms with Crippen molar-refractivity contribution in [2.24, 2.45) is 0 Å². The number of carbonyl (C=O) groups is 2. The molecule has 0 aliphatic heterocycles. The fourth-order valence-electron chi connectivity index (χ4n) is 1.04. The first kappa shape index (κ1) is 17.7. The van der Waals surface area contributed by atoms with Crippen molar-refractivity contribution in [1.29, 1.82) is 0 Å². The van der Waals surface area contributed by atoms with E-state index >= 15 is 0 Å². The molecule has 1 N–H and O–H groups in total. The molecule has 0 saturated carbocycles. The topological polar surface area (TPSA) is 83.6 Å². The Labute approximate surface area is 120 Å². The van der Waals surface area contributed by atoms with Crippen LogP contribution in [0.5, 0.6) is 0 Å². The van der Waals surface area contributed by atoms with Gasteiger partial charge >= 0.3 is 8.26 Å². The van der Waals surface area contributed by atoms with E-state index in [2.05, 4.69) is 26.7 Å². The molecule has 0 saturated heterocycles. The maximum absolute atomic E-state index is 11.4. The summed E-state index contributed by atoms with van der Waals surface area (Å²) in [7, 11) is 8.20. The van der Waals surface area contributed by atoms with Gasteiger partial charge in [-0.2, -0.15) is 8.42 Å². The van der Waals surface area contributed by atoms with Gasteiger partial charge in [0, 0.05) is 46.7 Å². The van der Waals surface area contributed by atoms with Crippen molar-refractivity contribution >= 4 is 47.6 Å². The van der Waals surface area contributed by atoms with Crippen molar-refractivity contribution in [1.82, 2.24) is 4.90 Å². The minimum absolute atomic E-state index is 0.0531. The van der Waals surface area contributed by atoms with Crippen LogP contribution in [0.3, 0.4) is 0 Å². The molecular weight excluding hydrogens is 315 g/mol. The Hall–Kier alpha value is -1.31. The second-order valence-corrected chi connectivity index (χ2v) is 7.09. The summed E-state index contributed by atoms with van der Waals surface area (Å²) in [4.78, 5) is 23.1. The first-order valence-electron chi connectivity index (χ1n) is 4.81. The lowest BCUT2D eigenvalue weighted by atomic mass is 10.2. The van der Waals surface area contributed by atoms with E-state index in [0.29, 0.717) is 17.7 Å². The van der Waals surface area contributed by atoms with Crippen LogP contribution in [0.4, 0.5) is 5.69 Å². The highest BCUT2D eigenvalue weighted by atomic mass is 36.0. The summed E-state index contributed by atoms with van der Waals surface area (Å²) >= 11 is 0. The van der Waals surface area contributed by atoms with Crippen LogP contribution in [0.15, 0.2) is 24.3 Å². The molecule has 0 heterocycles. The number of anilines is 1. The number of nitrogens with one attached hydrogen (secondary N) is 1. The van der Waals surface area contributed by atoms with Crippen molar-refractivity contribution in [3.8, 4) is 0 Å². The number of hydrogen-bond acceptors (Lipinski definition) is 4. The molecule has 0 aliphatic rings. The molecule has 6 nitrogen and oxygen atoms in total. The zero-order valence-corrected chi connectivity index (χ0v) is 12.5.